The predicted molar refractivity (Wildman–Crippen MR) is 69.7 cm³/mol. The molecule has 1 fully saturated rings. The minimum atomic E-state index is 0.0742. The number of rotatable bonds is 2. The quantitative estimate of drug-likeness (QED) is 0.807. The molecule has 0 aliphatic heterocycles. The van der Waals surface area contributed by atoms with Crippen molar-refractivity contribution >= 4 is 0 Å². The number of benzene rings is 1. The van der Waals surface area contributed by atoms with Crippen LogP contribution in [-0.2, 0) is 6.42 Å². The fraction of sp³-hybridized carbons (Fsp3) is 0.600. The monoisotopic (exact) mass is 217 g/mol. The van der Waals surface area contributed by atoms with Crippen molar-refractivity contribution in [3.8, 4) is 0 Å². The zero-order chi connectivity index (χ0) is 11.8. The third-order valence-electron chi connectivity index (χ3n) is 3.97. The van der Waals surface area contributed by atoms with E-state index in [4.69, 9.17) is 5.73 Å². The first-order valence-corrected chi connectivity index (χ1v) is 6.36. The Balaban J connectivity index is 2.27. The summed E-state index contributed by atoms with van der Waals surface area (Å²) < 4.78 is 0. The van der Waals surface area contributed by atoms with Crippen LogP contribution >= 0.6 is 0 Å². The molecule has 2 rings (SSSR count). The van der Waals surface area contributed by atoms with Crippen molar-refractivity contribution in [2.24, 2.45) is 5.73 Å². The van der Waals surface area contributed by atoms with Crippen molar-refractivity contribution in [3.05, 3.63) is 34.4 Å². The van der Waals surface area contributed by atoms with Gasteiger partial charge in [-0.2, -0.15) is 0 Å². The van der Waals surface area contributed by atoms with E-state index in [1.807, 2.05) is 0 Å². The molecule has 0 radical (unpaired) electrons. The first kappa shape index (κ1) is 11.7. The van der Waals surface area contributed by atoms with Crippen LogP contribution in [0.3, 0.4) is 0 Å². The highest BCUT2D eigenvalue weighted by atomic mass is 14.7. The van der Waals surface area contributed by atoms with Crippen LogP contribution in [0.5, 0.6) is 0 Å². The van der Waals surface area contributed by atoms with E-state index in [2.05, 4.69) is 32.9 Å². The Kier molecular flexibility index (Phi) is 3.07. The molecule has 1 nitrogen and oxygen atoms in total. The van der Waals surface area contributed by atoms with E-state index < -0.39 is 0 Å². The summed E-state index contributed by atoms with van der Waals surface area (Å²) in [6, 6.07) is 4.56. The van der Waals surface area contributed by atoms with Gasteiger partial charge in [-0.1, -0.05) is 30.5 Å². The number of nitrogens with two attached hydrogens (primary N) is 1. The summed E-state index contributed by atoms with van der Waals surface area (Å²) in [4.78, 5) is 0. The summed E-state index contributed by atoms with van der Waals surface area (Å²) in [5, 5.41) is 0. The summed E-state index contributed by atoms with van der Waals surface area (Å²) in [6.07, 6.45) is 6.06. The molecule has 2 N–H and O–H groups in total. The van der Waals surface area contributed by atoms with E-state index in [9.17, 15) is 0 Å². The second-order valence-corrected chi connectivity index (χ2v) is 5.62. The fourth-order valence-electron chi connectivity index (χ4n) is 3.10. The van der Waals surface area contributed by atoms with E-state index >= 15 is 0 Å². The highest BCUT2D eigenvalue weighted by Crippen LogP contribution is 2.32. The number of aryl methyl sites for hydroxylation is 3. The predicted octanol–water partition coefficient (Wildman–Crippen LogP) is 3.43. The molecule has 1 aliphatic carbocycles. The molecule has 0 unspecified atom stereocenters. The number of hydrogen-bond donors (Lipinski definition) is 1. The summed E-state index contributed by atoms with van der Waals surface area (Å²) in [5.41, 5.74) is 12.2. The van der Waals surface area contributed by atoms with Gasteiger partial charge in [0.05, 0.1) is 0 Å². The Morgan fingerprint density at radius 1 is 1.06 bits per heavy atom. The minimum Gasteiger partial charge on any atom is -0.325 e. The Hall–Kier alpha value is -0.820. The van der Waals surface area contributed by atoms with Crippen LogP contribution in [0.25, 0.3) is 0 Å². The molecule has 0 aromatic heterocycles. The SMILES string of the molecule is Cc1cc(C)c(CC2(N)CCCC2)c(C)c1. The van der Waals surface area contributed by atoms with Gasteiger partial charge in [-0.3, -0.25) is 0 Å². The maximum Gasteiger partial charge on any atom is 0.0195 e. The molecule has 0 heterocycles. The maximum absolute atomic E-state index is 6.47. The summed E-state index contributed by atoms with van der Waals surface area (Å²) in [5.74, 6) is 0. The van der Waals surface area contributed by atoms with Gasteiger partial charge in [0.25, 0.3) is 0 Å². The minimum absolute atomic E-state index is 0.0742. The van der Waals surface area contributed by atoms with Crippen LogP contribution in [0.15, 0.2) is 12.1 Å². The first-order chi connectivity index (χ1) is 7.50. The first-order valence-electron chi connectivity index (χ1n) is 6.36. The van der Waals surface area contributed by atoms with Crippen molar-refractivity contribution in [2.45, 2.75) is 58.4 Å². The smallest absolute Gasteiger partial charge is 0.0195 e. The molecule has 1 aromatic rings. The lowest BCUT2D eigenvalue weighted by atomic mass is 9.86. The third kappa shape index (κ3) is 2.30. The average Bonchev–Trinajstić information content (AvgIpc) is 2.59. The van der Waals surface area contributed by atoms with Crippen LogP contribution in [0.4, 0.5) is 0 Å². The van der Waals surface area contributed by atoms with Gasteiger partial charge < -0.3 is 5.73 Å². The molecule has 0 amide bonds. The van der Waals surface area contributed by atoms with Gasteiger partial charge in [-0.15, -0.1) is 0 Å². The van der Waals surface area contributed by atoms with Gasteiger partial charge in [-0.25, -0.2) is 0 Å². The standard InChI is InChI=1S/C15H23N/c1-11-8-12(2)14(13(3)9-11)10-15(16)6-4-5-7-15/h8-9H,4-7,10,16H2,1-3H3. The zero-order valence-corrected chi connectivity index (χ0v) is 10.8. The Morgan fingerprint density at radius 3 is 2.06 bits per heavy atom. The topological polar surface area (TPSA) is 26.0 Å². The van der Waals surface area contributed by atoms with E-state index in [1.54, 1.807) is 0 Å². The van der Waals surface area contributed by atoms with Crippen molar-refractivity contribution in [3.63, 3.8) is 0 Å². The van der Waals surface area contributed by atoms with E-state index in [0.717, 1.165) is 6.42 Å². The summed E-state index contributed by atoms with van der Waals surface area (Å²) >= 11 is 0. The number of hydrogen-bond acceptors (Lipinski definition) is 1. The van der Waals surface area contributed by atoms with E-state index in [-0.39, 0.29) is 5.54 Å². The third-order valence-corrected chi connectivity index (χ3v) is 3.97. The van der Waals surface area contributed by atoms with Gasteiger partial charge in [-0.05, 0) is 56.7 Å². The molecule has 1 aliphatic rings. The molecule has 0 spiro atoms. The molecule has 1 aromatic carbocycles. The lowest BCUT2D eigenvalue weighted by Crippen LogP contribution is -2.39. The van der Waals surface area contributed by atoms with Crippen molar-refractivity contribution in [1.82, 2.24) is 0 Å². The normalized spacial score (nSPS) is 19.0. The molecule has 0 saturated heterocycles. The molecule has 0 atom stereocenters. The van der Waals surface area contributed by atoms with Crippen molar-refractivity contribution in [2.75, 3.05) is 0 Å². The van der Waals surface area contributed by atoms with E-state index in [0.29, 0.717) is 0 Å². The Bertz CT molecular complexity index is 363. The second-order valence-electron chi connectivity index (χ2n) is 5.62. The summed E-state index contributed by atoms with van der Waals surface area (Å²) in [7, 11) is 0. The molecule has 0 bridgehead atoms. The highest BCUT2D eigenvalue weighted by molar-refractivity contribution is 5.38. The highest BCUT2D eigenvalue weighted by Gasteiger charge is 2.30. The van der Waals surface area contributed by atoms with Gasteiger partial charge in [0.15, 0.2) is 0 Å². The van der Waals surface area contributed by atoms with E-state index in [1.165, 1.54) is 47.9 Å². The Labute approximate surface area is 99.0 Å². The van der Waals surface area contributed by atoms with Crippen LogP contribution in [0.2, 0.25) is 0 Å². The van der Waals surface area contributed by atoms with Gasteiger partial charge in [0, 0.05) is 5.54 Å². The fourth-order valence-corrected chi connectivity index (χ4v) is 3.10. The Morgan fingerprint density at radius 2 is 1.56 bits per heavy atom. The molecule has 88 valence electrons. The molecular weight excluding hydrogens is 194 g/mol. The van der Waals surface area contributed by atoms with Crippen LogP contribution in [-0.4, -0.2) is 5.54 Å². The van der Waals surface area contributed by atoms with Crippen molar-refractivity contribution in [1.29, 1.82) is 0 Å². The molecular formula is C15H23N. The summed E-state index contributed by atoms with van der Waals surface area (Å²) in [6.45, 7) is 6.60. The lowest BCUT2D eigenvalue weighted by Gasteiger charge is -2.26. The average molecular weight is 217 g/mol. The van der Waals surface area contributed by atoms with Gasteiger partial charge >= 0.3 is 0 Å². The van der Waals surface area contributed by atoms with Crippen molar-refractivity contribution < 1.29 is 0 Å². The van der Waals surface area contributed by atoms with Gasteiger partial charge in [0.1, 0.15) is 0 Å². The molecule has 16 heavy (non-hydrogen) atoms. The second kappa shape index (κ2) is 4.21. The van der Waals surface area contributed by atoms with Crippen LogP contribution < -0.4 is 5.73 Å². The van der Waals surface area contributed by atoms with Gasteiger partial charge in [0.2, 0.25) is 0 Å². The lowest BCUT2D eigenvalue weighted by molar-refractivity contribution is 0.434. The molecule has 1 heteroatoms. The molecule has 1 saturated carbocycles. The van der Waals surface area contributed by atoms with Crippen LogP contribution in [0, 0.1) is 20.8 Å². The largest absolute Gasteiger partial charge is 0.325 e. The van der Waals surface area contributed by atoms with Crippen LogP contribution in [0.1, 0.15) is 47.9 Å². The maximum atomic E-state index is 6.47. The zero-order valence-electron chi connectivity index (χ0n) is 10.8.